The number of rotatable bonds is 8. The molecule has 1 rings (SSSR count). The van der Waals surface area contributed by atoms with E-state index in [1.165, 1.54) is 9.75 Å². The second-order valence-corrected chi connectivity index (χ2v) is 5.35. The van der Waals surface area contributed by atoms with Gasteiger partial charge in [-0.05, 0) is 38.4 Å². The van der Waals surface area contributed by atoms with E-state index in [2.05, 4.69) is 38.2 Å². The SMILES string of the molecule is CCCNC(COCCC)c1ccc(C)s1. The molecular formula is C13H23NOS. The van der Waals surface area contributed by atoms with Crippen LogP contribution in [0.4, 0.5) is 0 Å². The Morgan fingerprint density at radius 3 is 2.69 bits per heavy atom. The van der Waals surface area contributed by atoms with Gasteiger partial charge in [0.1, 0.15) is 0 Å². The van der Waals surface area contributed by atoms with Crippen molar-refractivity contribution in [2.24, 2.45) is 0 Å². The summed E-state index contributed by atoms with van der Waals surface area (Å²) in [5.41, 5.74) is 0. The van der Waals surface area contributed by atoms with Crippen molar-refractivity contribution in [2.75, 3.05) is 19.8 Å². The van der Waals surface area contributed by atoms with Crippen molar-refractivity contribution >= 4 is 11.3 Å². The average Bonchev–Trinajstić information content (AvgIpc) is 2.70. The van der Waals surface area contributed by atoms with Crippen LogP contribution in [0.2, 0.25) is 0 Å². The molecule has 0 aromatic carbocycles. The van der Waals surface area contributed by atoms with Gasteiger partial charge in [0.15, 0.2) is 0 Å². The summed E-state index contributed by atoms with van der Waals surface area (Å²) in [5, 5.41) is 3.54. The van der Waals surface area contributed by atoms with Gasteiger partial charge < -0.3 is 10.1 Å². The minimum absolute atomic E-state index is 0.366. The van der Waals surface area contributed by atoms with E-state index < -0.39 is 0 Å². The highest BCUT2D eigenvalue weighted by molar-refractivity contribution is 7.12. The normalized spacial score (nSPS) is 12.9. The molecule has 1 heterocycles. The minimum Gasteiger partial charge on any atom is -0.379 e. The molecule has 1 atom stereocenters. The van der Waals surface area contributed by atoms with E-state index in [9.17, 15) is 0 Å². The molecule has 1 aromatic heterocycles. The van der Waals surface area contributed by atoms with E-state index in [4.69, 9.17) is 4.74 Å². The molecular weight excluding hydrogens is 218 g/mol. The molecule has 0 radical (unpaired) electrons. The molecule has 0 saturated heterocycles. The fourth-order valence-electron chi connectivity index (χ4n) is 1.55. The zero-order valence-corrected chi connectivity index (χ0v) is 11.4. The fourth-order valence-corrected chi connectivity index (χ4v) is 2.48. The van der Waals surface area contributed by atoms with Gasteiger partial charge in [0.05, 0.1) is 12.6 Å². The first kappa shape index (κ1) is 13.7. The molecule has 0 spiro atoms. The van der Waals surface area contributed by atoms with Gasteiger partial charge in [0, 0.05) is 16.4 Å². The Kier molecular flexibility index (Phi) is 6.69. The highest BCUT2D eigenvalue weighted by atomic mass is 32.1. The lowest BCUT2D eigenvalue weighted by Gasteiger charge is -2.17. The summed E-state index contributed by atoms with van der Waals surface area (Å²) >= 11 is 1.86. The summed E-state index contributed by atoms with van der Waals surface area (Å²) in [6, 6.07) is 4.76. The average molecular weight is 241 g/mol. The fraction of sp³-hybridized carbons (Fsp3) is 0.692. The van der Waals surface area contributed by atoms with E-state index in [1.807, 2.05) is 11.3 Å². The van der Waals surface area contributed by atoms with Gasteiger partial charge in [-0.15, -0.1) is 11.3 Å². The van der Waals surface area contributed by atoms with Crippen molar-refractivity contribution < 1.29 is 4.74 Å². The smallest absolute Gasteiger partial charge is 0.0669 e. The predicted molar refractivity (Wildman–Crippen MR) is 71.2 cm³/mol. The Labute approximate surface area is 103 Å². The van der Waals surface area contributed by atoms with E-state index >= 15 is 0 Å². The third-order valence-electron chi connectivity index (χ3n) is 2.38. The first-order valence-electron chi connectivity index (χ1n) is 6.15. The maximum Gasteiger partial charge on any atom is 0.0669 e. The van der Waals surface area contributed by atoms with Crippen molar-refractivity contribution in [3.63, 3.8) is 0 Å². The monoisotopic (exact) mass is 241 g/mol. The van der Waals surface area contributed by atoms with Crippen LogP contribution in [-0.2, 0) is 4.74 Å². The second-order valence-electron chi connectivity index (χ2n) is 4.03. The van der Waals surface area contributed by atoms with Crippen molar-refractivity contribution in [2.45, 2.75) is 39.7 Å². The molecule has 1 unspecified atom stereocenters. The minimum atomic E-state index is 0.366. The van der Waals surface area contributed by atoms with Crippen LogP contribution in [0.5, 0.6) is 0 Å². The number of ether oxygens (including phenoxy) is 1. The number of hydrogen-bond acceptors (Lipinski definition) is 3. The van der Waals surface area contributed by atoms with Crippen molar-refractivity contribution in [1.29, 1.82) is 0 Å². The molecule has 0 bridgehead atoms. The molecule has 0 saturated carbocycles. The Morgan fingerprint density at radius 1 is 1.31 bits per heavy atom. The highest BCUT2D eigenvalue weighted by Gasteiger charge is 2.12. The zero-order valence-electron chi connectivity index (χ0n) is 10.6. The van der Waals surface area contributed by atoms with Crippen LogP contribution in [0, 0.1) is 6.92 Å². The lowest BCUT2D eigenvalue weighted by molar-refractivity contribution is 0.113. The molecule has 2 nitrogen and oxygen atoms in total. The number of thiophene rings is 1. The quantitative estimate of drug-likeness (QED) is 0.703. The van der Waals surface area contributed by atoms with Crippen molar-refractivity contribution in [3.8, 4) is 0 Å². The standard InChI is InChI=1S/C13H23NOS/c1-4-8-14-12(10-15-9-5-2)13-7-6-11(3)16-13/h6-7,12,14H,4-5,8-10H2,1-3H3. The highest BCUT2D eigenvalue weighted by Crippen LogP contribution is 2.23. The van der Waals surface area contributed by atoms with Gasteiger partial charge in [-0.25, -0.2) is 0 Å². The molecule has 3 heteroatoms. The topological polar surface area (TPSA) is 21.3 Å². The molecule has 0 aliphatic rings. The van der Waals surface area contributed by atoms with E-state index in [0.717, 1.165) is 32.6 Å². The molecule has 0 fully saturated rings. The maximum atomic E-state index is 5.65. The van der Waals surface area contributed by atoms with E-state index in [-0.39, 0.29) is 0 Å². The molecule has 0 amide bonds. The first-order valence-corrected chi connectivity index (χ1v) is 6.97. The number of nitrogens with one attached hydrogen (secondary N) is 1. The molecule has 92 valence electrons. The predicted octanol–water partition coefficient (Wildman–Crippen LogP) is 3.52. The summed E-state index contributed by atoms with van der Waals surface area (Å²) in [5.74, 6) is 0. The maximum absolute atomic E-state index is 5.65. The van der Waals surface area contributed by atoms with E-state index in [1.54, 1.807) is 0 Å². The van der Waals surface area contributed by atoms with Crippen LogP contribution in [0.15, 0.2) is 12.1 Å². The molecule has 1 N–H and O–H groups in total. The van der Waals surface area contributed by atoms with Crippen LogP contribution in [0.3, 0.4) is 0 Å². The molecule has 16 heavy (non-hydrogen) atoms. The first-order chi connectivity index (χ1) is 7.77. The Balaban J connectivity index is 2.49. The molecule has 0 aliphatic heterocycles. The van der Waals surface area contributed by atoms with Gasteiger partial charge in [-0.1, -0.05) is 13.8 Å². The number of aryl methyl sites for hydroxylation is 1. The molecule has 0 aliphatic carbocycles. The van der Waals surface area contributed by atoms with Crippen molar-refractivity contribution in [3.05, 3.63) is 21.9 Å². The van der Waals surface area contributed by atoms with E-state index in [0.29, 0.717) is 6.04 Å². The summed E-state index contributed by atoms with van der Waals surface area (Å²) in [6.07, 6.45) is 2.25. The van der Waals surface area contributed by atoms with Crippen LogP contribution >= 0.6 is 11.3 Å². The zero-order chi connectivity index (χ0) is 11.8. The summed E-state index contributed by atoms with van der Waals surface area (Å²) in [6.45, 7) is 9.18. The Bertz CT molecular complexity index is 285. The van der Waals surface area contributed by atoms with Crippen LogP contribution < -0.4 is 5.32 Å². The lowest BCUT2D eigenvalue weighted by atomic mass is 10.2. The van der Waals surface area contributed by atoms with Crippen LogP contribution in [0.25, 0.3) is 0 Å². The second kappa shape index (κ2) is 7.82. The third-order valence-corrected chi connectivity index (χ3v) is 3.49. The number of hydrogen-bond donors (Lipinski definition) is 1. The largest absolute Gasteiger partial charge is 0.379 e. The third kappa shape index (κ3) is 4.64. The molecule has 1 aromatic rings. The Hall–Kier alpha value is -0.380. The lowest BCUT2D eigenvalue weighted by Crippen LogP contribution is -2.25. The van der Waals surface area contributed by atoms with Crippen LogP contribution in [-0.4, -0.2) is 19.8 Å². The van der Waals surface area contributed by atoms with Crippen LogP contribution in [0.1, 0.15) is 42.5 Å². The van der Waals surface area contributed by atoms with Gasteiger partial charge in [0.2, 0.25) is 0 Å². The van der Waals surface area contributed by atoms with Gasteiger partial charge >= 0.3 is 0 Å². The Morgan fingerprint density at radius 2 is 2.12 bits per heavy atom. The summed E-state index contributed by atoms with van der Waals surface area (Å²) in [4.78, 5) is 2.76. The van der Waals surface area contributed by atoms with Gasteiger partial charge in [0.25, 0.3) is 0 Å². The van der Waals surface area contributed by atoms with Gasteiger partial charge in [-0.3, -0.25) is 0 Å². The summed E-state index contributed by atoms with van der Waals surface area (Å²) < 4.78 is 5.65. The van der Waals surface area contributed by atoms with Gasteiger partial charge in [-0.2, -0.15) is 0 Å². The summed E-state index contributed by atoms with van der Waals surface area (Å²) in [7, 11) is 0. The van der Waals surface area contributed by atoms with Crippen molar-refractivity contribution in [1.82, 2.24) is 5.32 Å².